The second kappa shape index (κ2) is 3.92. The average molecular weight is 192 g/mol. The minimum atomic E-state index is 0.767. The molecule has 1 fully saturated rings. The van der Waals surface area contributed by atoms with Crippen LogP contribution in [-0.4, -0.2) is 36.9 Å². The van der Waals surface area contributed by atoms with Gasteiger partial charge in [0.1, 0.15) is 0 Å². The van der Waals surface area contributed by atoms with Crippen molar-refractivity contribution in [1.82, 2.24) is 15.5 Å². The molecule has 0 saturated carbocycles. The molecule has 0 bridgehead atoms. The zero-order chi connectivity index (χ0) is 9.97. The summed E-state index contributed by atoms with van der Waals surface area (Å²) in [4.78, 5) is 2.26. The normalized spacial score (nSPS) is 16.9. The first kappa shape index (κ1) is 9.40. The van der Waals surface area contributed by atoms with Gasteiger partial charge in [0.15, 0.2) is 5.82 Å². The minimum absolute atomic E-state index is 0.767. The fourth-order valence-corrected chi connectivity index (χ4v) is 1.74. The maximum atomic E-state index is 4.15. The molecule has 4 heteroatoms. The van der Waals surface area contributed by atoms with Crippen LogP contribution in [-0.2, 0) is 0 Å². The maximum Gasteiger partial charge on any atom is 0.151 e. The van der Waals surface area contributed by atoms with E-state index < -0.39 is 0 Å². The standard InChI is InChI=1S/C10H16N4/c1-8-3-4-10(13-12-8)14-6-9(7-14)5-11-2/h3-4,9,11H,5-7H2,1-2H3. The first-order chi connectivity index (χ1) is 6.79. The second-order valence-corrected chi connectivity index (χ2v) is 3.86. The van der Waals surface area contributed by atoms with Crippen LogP contribution in [0.1, 0.15) is 5.69 Å². The predicted octanol–water partition coefficient (Wildman–Crippen LogP) is 0.441. The van der Waals surface area contributed by atoms with Crippen molar-refractivity contribution >= 4 is 5.82 Å². The van der Waals surface area contributed by atoms with Crippen molar-refractivity contribution in [2.45, 2.75) is 6.92 Å². The van der Waals surface area contributed by atoms with Crippen LogP contribution in [0.3, 0.4) is 0 Å². The van der Waals surface area contributed by atoms with E-state index in [-0.39, 0.29) is 0 Å². The molecule has 1 aliphatic rings. The Balaban J connectivity index is 1.90. The summed E-state index contributed by atoms with van der Waals surface area (Å²) in [6, 6.07) is 4.05. The van der Waals surface area contributed by atoms with Crippen molar-refractivity contribution in [1.29, 1.82) is 0 Å². The van der Waals surface area contributed by atoms with Crippen LogP contribution in [0.15, 0.2) is 12.1 Å². The molecule has 1 saturated heterocycles. The first-order valence-electron chi connectivity index (χ1n) is 4.99. The van der Waals surface area contributed by atoms with Gasteiger partial charge in [-0.3, -0.25) is 0 Å². The lowest BCUT2D eigenvalue weighted by Crippen LogP contribution is -2.50. The molecule has 2 heterocycles. The van der Waals surface area contributed by atoms with Crippen molar-refractivity contribution in [3.63, 3.8) is 0 Å². The minimum Gasteiger partial charge on any atom is -0.354 e. The van der Waals surface area contributed by atoms with E-state index in [2.05, 4.69) is 20.4 Å². The molecule has 1 aromatic rings. The number of aromatic nitrogens is 2. The van der Waals surface area contributed by atoms with Gasteiger partial charge in [0.05, 0.1) is 5.69 Å². The Morgan fingerprint density at radius 2 is 2.21 bits per heavy atom. The van der Waals surface area contributed by atoms with Gasteiger partial charge < -0.3 is 10.2 Å². The van der Waals surface area contributed by atoms with Gasteiger partial charge in [-0.25, -0.2) is 0 Å². The molecule has 0 aliphatic carbocycles. The van der Waals surface area contributed by atoms with Gasteiger partial charge >= 0.3 is 0 Å². The topological polar surface area (TPSA) is 41.0 Å². The van der Waals surface area contributed by atoms with Crippen molar-refractivity contribution in [2.75, 3.05) is 31.6 Å². The number of hydrogen-bond acceptors (Lipinski definition) is 4. The van der Waals surface area contributed by atoms with E-state index in [9.17, 15) is 0 Å². The summed E-state index contributed by atoms with van der Waals surface area (Å²) in [7, 11) is 1.99. The van der Waals surface area contributed by atoms with Crippen LogP contribution in [0.25, 0.3) is 0 Å². The molecule has 4 nitrogen and oxygen atoms in total. The van der Waals surface area contributed by atoms with Gasteiger partial charge in [-0.05, 0) is 26.1 Å². The highest BCUT2D eigenvalue weighted by molar-refractivity contribution is 5.40. The molecule has 0 atom stereocenters. The Morgan fingerprint density at radius 3 is 2.79 bits per heavy atom. The van der Waals surface area contributed by atoms with Gasteiger partial charge in [-0.2, -0.15) is 5.10 Å². The van der Waals surface area contributed by atoms with Gasteiger partial charge in [0.2, 0.25) is 0 Å². The van der Waals surface area contributed by atoms with E-state index in [0.29, 0.717) is 0 Å². The zero-order valence-corrected chi connectivity index (χ0v) is 8.70. The Kier molecular flexibility index (Phi) is 2.63. The predicted molar refractivity (Wildman–Crippen MR) is 56.4 cm³/mol. The quantitative estimate of drug-likeness (QED) is 0.754. The smallest absolute Gasteiger partial charge is 0.151 e. The number of nitrogens with one attached hydrogen (secondary N) is 1. The number of aryl methyl sites for hydroxylation is 1. The highest BCUT2D eigenvalue weighted by Crippen LogP contribution is 2.21. The highest BCUT2D eigenvalue weighted by Gasteiger charge is 2.26. The molecule has 0 spiro atoms. The molecule has 2 rings (SSSR count). The molecule has 1 N–H and O–H groups in total. The van der Waals surface area contributed by atoms with Crippen LogP contribution in [0, 0.1) is 12.8 Å². The molecule has 0 amide bonds. The fourth-order valence-electron chi connectivity index (χ4n) is 1.74. The molecule has 1 aliphatic heterocycles. The third-order valence-corrected chi connectivity index (χ3v) is 2.56. The summed E-state index contributed by atoms with van der Waals surface area (Å²) in [6.07, 6.45) is 0. The van der Waals surface area contributed by atoms with Gasteiger partial charge in [-0.15, -0.1) is 5.10 Å². The number of anilines is 1. The monoisotopic (exact) mass is 192 g/mol. The largest absolute Gasteiger partial charge is 0.354 e. The van der Waals surface area contributed by atoms with Crippen LogP contribution in [0.4, 0.5) is 5.82 Å². The zero-order valence-electron chi connectivity index (χ0n) is 8.70. The van der Waals surface area contributed by atoms with Crippen LogP contribution >= 0.6 is 0 Å². The molecule has 1 aromatic heterocycles. The van der Waals surface area contributed by atoms with E-state index in [1.165, 1.54) is 0 Å². The average Bonchev–Trinajstić information content (AvgIpc) is 2.13. The van der Waals surface area contributed by atoms with E-state index in [0.717, 1.165) is 37.1 Å². The van der Waals surface area contributed by atoms with Crippen molar-refractivity contribution in [3.05, 3.63) is 17.8 Å². The lowest BCUT2D eigenvalue weighted by molar-refractivity contribution is 0.393. The molecule has 0 unspecified atom stereocenters. The number of rotatable bonds is 3. The lowest BCUT2D eigenvalue weighted by Gasteiger charge is -2.39. The first-order valence-corrected chi connectivity index (χ1v) is 4.99. The van der Waals surface area contributed by atoms with Gasteiger partial charge in [0.25, 0.3) is 0 Å². The van der Waals surface area contributed by atoms with Crippen LogP contribution < -0.4 is 10.2 Å². The summed E-state index contributed by atoms with van der Waals surface area (Å²) in [6.45, 7) is 5.24. The van der Waals surface area contributed by atoms with Crippen molar-refractivity contribution < 1.29 is 0 Å². The Labute approximate surface area is 84.3 Å². The van der Waals surface area contributed by atoms with Gasteiger partial charge in [0, 0.05) is 25.6 Å². The Morgan fingerprint density at radius 1 is 1.43 bits per heavy atom. The van der Waals surface area contributed by atoms with E-state index in [1.807, 2.05) is 26.1 Å². The van der Waals surface area contributed by atoms with E-state index >= 15 is 0 Å². The van der Waals surface area contributed by atoms with E-state index in [1.54, 1.807) is 0 Å². The molecule has 0 radical (unpaired) electrons. The Hall–Kier alpha value is -1.16. The van der Waals surface area contributed by atoms with E-state index in [4.69, 9.17) is 0 Å². The van der Waals surface area contributed by atoms with Crippen LogP contribution in [0.5, 0.6) is 0 Å². The fraction of sp³-hybridized carbons (Fsp3) is 0.600. The third kappa shape index (κ3) is 1.85. The molecule has 76 valence electrons. The summed E-state index contributed by atoms with van der Waals surface area (Å²) < 4.78 is 0. The second-order valence-electron chi connectivity index (χ2n) is 3.86. The molecule has 14 heavy (non-hydrogen) atoms. The number of hydrogen-bond donors (Lipinski definition) is 1. The maximum absolute atomic E-state index is 4.15. The van der Waals surface area contributed by atoms with Crippen LogP contribution in [0.2, 0.25) is 0 Å². The molecule has 0 aromatic carbocycles. The molecular weight excluding hydrogens is 176 g/mol. The number of nitrogens with zero attached hydrogens (tertiary/aromatic N) is 3. The summed E-state index contributed by atoms with van der Waals surface area (Å²) in [5, 5.41) is 11.4. The summed E-state index contributed by atoms with van der Waals surface area (Å²) in [5.74, 6) is 1.77. The van der Waals surface area contributed by atoms with Gasteiger partial charge in [-0.1, -0.05) is 0 Å². The summed E-state index contributed by atoms with van der Waals surface area (Å²) >= 11 is 0. The van der Waals surface area contributed by atoms with Crippen molar-refractivity contribution in [2.24, 2.45) is 5.92 Å². The van der Waals surface area contributed by atoms with Crippen molar-refractivity contribution in [3.8, 4) is 0 Å². The SMILES string of the molecule is CNCC1CN(c2ccc(C)nn2)C1. The lowest BCUT2D eigenvalue weighted by atomic mass is 10.0. The Bertz CT molecular complexity index is 289. The highest BCUT2D eigenvalue weighted by atomic mass is 15.3. The third-order valence-electron chi connectivity index (χ3n) is 2.56. The molecular formula is C10H16N4. The summed E-state index contributed by atoms with van der Waals surface area (Å²) in [5.41, 5.74) is 0.973.